The van der Waals surface area contributed by atoms with Crippen LogP contribution in [0.5, 0.6) is 0 Å². The second-order valence-corrected chi connectivity index (χ2v) is 4.36. The summed E-state index contributed by atoms with van der Waals surface area (Å²) in [4.78, 5) is 26.2. The SMILES string of the molecule is [N-]=[N+]=NCC(=O)c1cc[n+](CC(=O)c2ccccc2)cc1. The predicted molar refractivity (Wildman–Crippen MR) is 75.8 cm³/mol. The highest BCUT2D eigenvalue weighted by Gasteiger charge is 2.12. The quantitative estimate of drug-likeness (QED) is 0.267. The minimum atomic E-state index is -0.255. The van der Waals surface area contributed by atoms with Gasteiger partial charge in [0.15, 0.2) is 18.2 Å². The van der Waals surface area contributed by atoms with Crippen LogP contribution in [0.1, 0.15) is 20.7 Å². The van der Waals surface area contributed by atoms with Crippen LogP contribution in [-0.4, -0.2) is 18.1 Å². The Bertz CT molecular complexity index is 689. The fourth-order valence-electron chi connectivity index (χ4n) is 1.82. The summed E-state index contributed by atoms with van der Waals surface area (Å²) in [5, 5.41) is 3.23. The number of benzene rings is 1. The van der Waals surface area contributed by atoms with Crippen molar-refractivity contribution >= 4 is 11.6 Å². The maximum Gasteiger partial charge on any atom is 0.227 e. The molecule has 0 amide bonds. The maximum atomic E-state index is 12.0. The summed E-state index contributed by atoms with van der Waals surface area (Å²) in [6.07, 6.45) is 3.31. The van der Waals surface area contributed by atoms with E-state index in [1.165, 1.54) is 0 Å². The third kappa shape index (κ3) is 3.99. The standard InChI is InChI=1S/C15H13N4O2/c16-18-17-10-14(20)13-6-8-19(9-7-13)11-15(21)12-4-2-1-3-5-12/h1-9H,10-11H2/q+1. The number of carbonyl (C=O) groups excluding carboxylic acids is 2. The maximum absolute atomic E-state index is 12.0. The average molecular weight is 281 g/mol. The number of nitrogens with zero attached hydrogens (tertiary/aromatic N) is 4. The van der Waals surface area contributed by atoms with Gasteiger partial charge in [0, 0.05) is 28.2 Å². The van der Waals surface area contributed by atoms with Gasteiger partial charge < -0.3 is 0 Å². The number of Topliss-reactive ketones (excluding diaryl/α,β-unsaturated/α-hetero) is 2. The van der Waals surface area contributed by atoms with Crippen LogP contribution in [0.15, 0.2) is 60.0 Å². The Balaban J connectivity index is 2.04. The molecule has 0 aliphatic heterocycles. The van der Waals surface area contributed by atoms with E-state index in [1.54, 1.807) is 41.2 Å². The molecule has 2 rings (SSSR count). The molecule has 0 bridgehead atoms. The molecule has 0 N–H and O–H groups in total. The van der Waals surface area contributed by atoms with Gasteiger partial charge in [-0.2, -0.15) is 4.57 Å². The van der Waals surface area contributed by atoms with Crippen LogP contribution in [0.25, 0.3) is 10.4 Å². The van der Waals surface area contributed by atoms with Crippen molar-refractivity contribution in [2.24, 2.45) is 5.11 Å². The van der Waals surface area contributed by atoms with Crippen molar-refractivity contribution in [3.8, 4) is 0 Å². The molecule has 0 spiro atoms. The zero-order valence-corrected chi connectivity index (χ0v) is 11.2. The summed E-state index contributed by atoms with van der Waals surface area (Å²) in [6, 6.07) is 12.2. The monoisotopic (exact) mass is 281 g/mol. The summed E-state index contributed by atoms with van der Waals surface area (Å²) in [7, 11) is 0. The number of azide groups is 1. The first-order valence-electron chi connectivity index (χ1n) is 6.32. The summed E-state index contributed by atoms with van der Waals surface area (Å²) < 4.78 is 1.69. The Morgan fingerprint density at radius 1 is 1.00 bits per heavy atom. The number of hydrogen-bond acceptors (Lipinski definition) is 3. The molecule has 0 aliphatic rings. The summed E-state index contributed by atoms with van der Waals surface area (Å²) in [5.41, 5.74) is 9.27. The van der Waals surface area contributed by atoms with Crippen LogP contribution in [-0.2, 0) is 6.54 Å². The van der Waals surface area contributed by atoms with Gasteiger partial charge in [-0.1, -0.05) is 35.4 Å². The van der Waals surface area contributed by atoms with E-state index in [0.29, 0.717) is 11.1 Å². The minimum Gasteiger partial charge on any atom is -0.294 e. The molecule has 6 heteroatoms. The van der Waals surface area contributed by atoms with Gasteiger partial charge in [-0.25, -0.2) is 0 Å². The van der Waals surface area contributed by atoms with E-state index >= 15 is 0 Å². The molecule has 0 fully saturated rings. The number of pyridine rings is 1. The number of aromatic nitrogens is 1. The van der Waals surface area contributed by atoms with Gasteiger partial charge in [0.25, 0.3) is 0 Å². The topological polar surface area (TPSA) is 86.8 Å². The van der Waals surface area contributed by atoms with Crippen molar-refractivity contribution < 1.29 is 14.2 Å². The van der Waals surface area contributed by atoms with Crippen molar-refractivity contribution in [1.82, 2.24) is 0 Å². The third-order valence-electron chi connectivity index (χ3n) is 2.91. The molecule has 0 saturated heterocycles. The molecule has 0 saturated carbocycles. The fraction of sp³-hybridized carbons (Fsp3) is 0.133. The van der Waals surface area contributed by atoms with E-state index in [-0.39, 0.29) is 24.7 Å². The van der Waals surface area contributed by atoms with E-state index in [2.05, 4.69) is 10.0 Å². The van der Waals surface area contributed by atoms with Gasteiger partial charge in [-0.15, -0.1) is 0 Å². The molecule has 21 heavy (non-hydrogen) atoms. The zero-order chi connectivity index (χ0) is 15.1. The van der Waals surface area contributed by atoms with Gasteiger partial charge in [-0.05, 0) is 5.53 Å². The molecule has 0 unspecified atom stereocenters. The zero-order valence-electron chi connectivity index (χ0n) is 11.2. The van der Waals surface area contributed by atoms with Crippen molar-refractivity contribution in [3.63, 3.8) is 0 Å². The van der Waals surface area contributed by atoms with Crippen molar-refractivity contribution in [2.75, 3.05) is 6.54 Å². The number of carbonyl (C=O) groups is 2. The highest BCUT2D eigenvalue weighted by Crippen LogP contribution is 2.01. The molecule has 6 nitrogen and oxygen atoms in total. The van der Waals surface area contributed by atoms with Gasteiger partial charge in [0.05, 0.1) is 6.54 Å². The highest BCUT2D eigenvalue weighted by molar-refractivity contribution is 5.97. The Hall–Kier alpha value is -2.98. The van der Waals surface area contributed by atoms with E-state index in [1.807, 2.05) is 18.2 Å². The molecule has 104 valence electrons. The fourth-order valence-corrected chi connectivity index (χ4v) is 1.82. The van der Waals surface area contributed by atoms with Crippen LogP contribution < -0.4 is 4.57 Å². The smallest absolute Gasteiger partial charge is 0.227 e. The molecule has 1 heterocycles. The largest absolute Gasteiger partial charge is 0.294 e. The minimum absolute atomic E-state index is 0.00578. The van der Waals surface area contributed by atoms with E-state index in [4.69, 9.17) is 5.53 Å². The number of ketones is 2. The van der Waals surface area contributed by atoms with Crippen molar-refractivity contribution in [3.05, 3.63) is 76.4 Å². The summed E-state index contributed by atoms with van der Waals surface area (Å²) in [6.45, 7) is -0.00170. The highest BCUT2D eigenvalue weighted by atomic mass is 16.1. The summed E-state index contributed by atoms with van der Waals surface area (Å²) >= 11 is 0. The first kappa shape index (κ1) is 14.4. The van der Waals surface area contributed by atoms with Crippen LogP contribution >= 0.6 is 0 Å². The van der Waals surface area contributed by atoms with Crippen LogP contribution in [0, 0.1) is 0 Å². The molecule has 1 aromatic carbocycles. The first-order valence-corrected chi connectivity index (χ1v) is 6.32. The first-order chi connectivity index (χ1) is 10.2. The molecular weight excluding hydrogens is 268 g/mol. The molecule has 2 aromatic rings. The van der Waals surface area contributed by atoms with Crippen LogP contribution in [0.2, 0.25) is 0 Å². The van der Waals surface area contributed by atoms with Gasteiger partial charge >= 0.3 is 0 Å². The van der Waals surface area contributed by atoms with Gasteiger partial charge in [-0.3, -0.25) is 9.59 Å². The lowest BCUT2D eigenvalue weighted by atomic mass is 10.1. The second kappa shape index (κ2) is 6.98. The van der Waals surface area contributed by atoms with Gasteiger partial charge in [0.1, 0.15) is 0 Å². The molecule has 0 radical (unpaired) electrons. The number of hydrogen-bond donors (Lipinski definition) is 0. The Kier molecular flexibility index (Phi) is 4.79. The normalized spacial score (nSPS) is 9.71. The lowest BCUT2D eigenvalue weighted by molar-refractivity contribution is -0.683. The lowest BCUT2D eigenvalue weighted by Crippen LogP contribution is -2.37. The Morgan fingerprint density at radius 2 is 1.62 bits per heavy atom. The van der Waals surface area contributed by atoms with Crippen molar-refractivity contribution in [1.29, 1.82) is 0 Å². The lowest BCUT2D eigenvalue weighted by Gasteiger charge is -1.99. The second-order valence-electron chi connectivity index (χ2n) is 4.36. The number of rotatable bonds is 6. The van der Waals surface area contributed by atoms with E-state index in [9.17, 15) is 9.59 Å². The third-order valence-corrected chi connectivity index (χ3v) is 2.91. The van der Waals surface area contributed by atoms with Crippen molar-refractivity contribution in [2.45, 2.75) is 6.54 Å². The van der Waals surface area contributed by atoms with E-state index in [0.717, 1.165) is 0 Å². The Morgan fingerprint density at radius 3 is 2.24 bits per heavy atom. The Labute approximate surface area is 121 Å². The molecule has 1 aromatic heterocycles. The summed E-state index contributed by atoms with van der Waals surface area (Å²) in [5.74, 6) is -0.261. The molecule has 0 aliphatic carbocycles. The van der Waals surface area contributed by atoms with Crippen LogP contribution in [0.4, 0.5) is 0 Å². The average Bonchev–Trinajstić information content (AvgIpc) is 2.54. The predicted octanol–water partition coefficient (Wildman–Crippen LogP) is 2.35. The molecule has 0 atom stereocenters. The van der Waals surface area contributed by atoms with E-state index < -0.39 is 0 Å². The molecular formula is C15H13N4O2+. The van der Waals surface area contributed by atoms with Gasteiger partial charge in [0.2, 0.25) is 12.3 Å². The van der Waals surface area contributed by atoms with Crippen LogP contribution in [0.3, 0.4) is 0 Å².